The SMILES string of the molecule is N=C/C(=C(/OC1CCCC1)C(=O)Nc1cccc(Cl)c1)N1CCN(C(=O)Cc2ccccc2)CC1. The lowest BCUT2D eigenvalue weighted by Crippen LogP contribution is -2.49. The number of carbonyl (C=O) groups excluding carboxylic acids is 2. The number of anilines is 1. The lowest BCUT2D eigenvalue weighted by atomic mass is 10.1. The Balaban J connectivity index is 1.48. The number of hydrogen-bond donors (Lipinski definition) is 2. The maximum atomic E-state index is 13.3. The summed E-state index contributed by atoms with van der Waals surface area (Å²) in [5, 5.41) is 11.5. The number of nitrogens with one attached hydrogen (secondary N) is 2. The van der Waals surface area contributed by atoms with Gasteiger partial charge in [-0.25, -0.2) is 0 Å². The molecule has 7 nitrogen and oxygen atoms in total. The Morgan fingerprint density at radius 3 is 2.34 bits per heavy atom. The molecule has 4 rings (SSSR count). The highest BCUT2D eigenvalue weighted by Crippen LogP contribution is 2.26. The smallest absolute Gasteiger partial charge is 0.293 e. The van der Waals surface area contributed by atoms with Crippen LogP contribution in [0.4, 0.5) is 5.69 Å². The van der Waals surface area contributed by atoms with Gasteiger partial charge < -0.3 is 25.3 Å². The molecular weight excluding hydrogens is 464 g/mol. The first-order chi connectivity index (χ1) is 17.0. The number of allylic oxidation sites excluding steroid dienone is 1. The molecule has 35 heavy (non-hydrogen) atoms. The van der Waals surface area contributed by atoms with Crippen molar-refractivity contribution in [2.45, 2.75) is 38.2 Å². The van der Waals surface area contributed by atoms with Gasteiger partial charge in [-0.05, 0) is 49.4 Å². The van der Waals surface area contributed by atoms with Crippen LogP contribution in [0.1, 0.15) is 31.2 Å². The van der Waals surface area contributed by atoms with Gasteiger partial charge in [-0.1, -0.05) is 48.0 Å². The molecule has 0 radical (unpaired) electrons. The molecule has 2 amide bonds. The molecule has 0 atom stereocenters. The molecule has 1 saturated heterocycles. The molecular formula is C27H31ClN4O3. The van der Waals surface area contributed by atoms with Crippen LogP contribution < -0.4 is 5.32 Å². The highest BCUT2D eigenvalue weighted by Gasteiger charge is 2.29. The number of nitrogens with zero attached hydrogens (tertiary/aromatic N) is 2. The van der Waals surface area contributed by atoms with Crippen LogP contribution >= 0.6 is 11.6 Å². The van der Waals surface area contributed by atoms with Crippen molar-refractivity contribution in [3.05, 3.63) is 76.6 Å². The van der Waals surface area contributed by atoms with Gasteiger partial charge in [0.15, 0.2) is 0 Å². The Hall–Kier alpha value is -3.32. The summed E-state index contributed by atoms with van der Waals surface area (Å²) in [6.07, 6.45) is 5.42. The Labute approximate surface area is 211 Å². The third kappa shape index (κ3) is 6.63. The molecule has 2 fully saturated rings. The van der Waals surface area contributed by atoms with E-state index in [1.54, 1.807) is 24.3 Å². The molecule has 2 aromatic carbocycles. The van der Waals surface area contributed by atoms with Crippen molar-refractivity contribution < 1.29 is 14.3 Å². The van der Waals surface area contributed by atoms with Gasteiger partial charge in [-0.3, -0.25) is 9.59 Å². The summed E-state index contributed by atoms with van der Waals surface area (Å²) >= 11 is 6.08. The van der Waals surface area contributed by atoms with Crippen LogP contribution in [0.3, 0.4) is 0 Å². The Kier molecular flexibility index (Phi) is 8.42. The Bertz CT molecular complexity index is 1070. The second kappa shape index (κ2) is 11.9. The predicted octanol–water partition coefficient (Wildman–Crippen LogP) is 4.49. The van der Waals surface area contributed by atoms with E-state index < -0.39 is 5.91 Å². The first-order valence-corrected chi connectivity index (χ1v) is 12.5. The lowest BCUT2D eigenvalue weighted by Gasteiger charge is -2.37. The second-order valence-corrected chi connectivity index (χ2v) is 9.31. The van der Waals surface area contributed by atoms with E-state index in [9.17, 15) is 9.59 Å². The summed E-state index contributed by atoms with van der Waals surface area (Å²) in [5.41, 5.74) is 1.99. The quantitative estimate of drug-likeness (QED) is 0.322. The predicted molar refractivity (Wildman–Crippen MR) is 138 cm³/mol. The minimum absolute atomic E-state index is 0.0428. The van der Waals surface area contributed by atoms with Gasteiger partial charge in [0.05, 0.1) is 12.5 Å². The van der Waals surface area contributed by atoms with E-state index in [1.165, 1.54) is 6.21 Å². The number of halogens is 1. The number of benzene rings is 2. The summed E-state index contributed by atoms with van der Waals surface area (Å²) in [6.45, 7) is 2.09. The molecule has 2 aromatic rings. The van der Waals surface area contributed by atoms with Crippen LogP contribution in [0.25, 0.3) is 0 Å². The molecule has 1 aliphatic heterocycles. The van der Waals surface area contributed by atoms with Crippen LogP contribution in [0.2, 0.25) is 5.02 Å². The third-order valence-electron chi connectivity index (χ3n) is 6.42. The van der Waals surface area contributed by atoms with Crippen molar-refractivity contribution >= 4 is 35.3 Å². The molecule has 184 valence electrons. The van der Waals surface area contributed by atoms with Gasteiger partial charge >= 0.3 is 0 Å². The van der Waals surface area contributed by atoms with Crippen LogP contribution in [0.5, 0.6) is 0 Å². The second-order valence-electron chi connectivity index (χ2n) is 8.88. The van der Waals surface area contributed by atoms with Crippen LogP contribution in [-0.2, 0) is 20.7 Å². The van der Waals surface area contributed by atoms with E-state index in [0.29, 0.717) is 49.0 Å². The standard InChI is InChI=1S/C27H31ClN4O3/c28-21-9-6-10-22(18-21)30-27(34)26(35-23-11-4-5-12-23)24(19-29)31-13-15-32(16-14-31)25(33)17-20-7-2-1-3-8-20/h1-3,6-10,18-19,23,29H,4-5,11-17H2,(H,30,34)/b26-24-,29-19?. The van der Waals surface area contributed by atoms with Crippen molar-refractivity contribution in [1.29, 1.82) is 5.41 Å². The minimum atomic E-state index is -0.403. The number of rotatable bonds is 8. The summed E-state index contributed by atoms with van der Waals surface area (Å²) in [4.78, 5) is 29.9. The van der Waals surface area contributed by atoms with Crippen molar-refractivity contribution in [1.82, 2.24) is 9.80 Å². The maximum absolute atomic E-state index is 13.3. The molecule has 1 saturated carbocycles. The van der Waals surface area contributed by atoms with Crippen LogP contribution in [0.15, 0.2) is 66.1 Å². The van der Waals surface area contributed by atoms with E-state index in [2.05, 4.69) is 5.32 Å². The maximum Gasteiger partial charge on any atom is 0.293 e. The number of amides is 2. The Morgan fingerprint density at radius 2 is 1.69 bits per heavy atom. The van der Waals surface area contributed by atoms with Gasteiger partial charge in [-0.2, -0.15) is 0 Å². The summed E-state index contributed by atoms with van der Waals surface area (Å²) in [5.74, 6) is -0.173. The molecule has 0 spiro atoms. The summed E-state index contributed by atoms with van der Waals surface area (Å²) in [7, 11) is 0. The zero-order valence-corrected chi connectivity index (χ0v) is 20.5. The molecule has 0 bridgehead atoms. The third-order valence-corrected chi connectivity index (χ3v) is 6.65. The minimum Gasteiger partial charge on any atom is -0.483 e. The van der Waals surface area contributed by atoms with E-state index in [4.69, 9.17) is 21.7 Å². The van der Waals surface area contributed by atoms with Gasteiger partial charge in [0.2, 0.25) is 11.7 Å². The molecule has 0 unspecified atom stereocenters. The molecule has 8 heteroatoms. The topological polar surface area (TPSA) is 85.7 Å². The van der Waals surface area contributed by atoms with Crippen molar-refractivity contribution in [2.75, 3.05) is 31.5 Å². The molecule has 2 N–H and O–H groups in total. The van der Waals surface area contributed by atoms with Crippen LogP contribution in [-0.4, -0.2) is 60.1 Å². The average Bonchev–Trinajstić information content (AvgIpc) is 3.38. The van der Waals surface area contributed by atoms with E-state index in [-0.39, 0.29) is 17.8 Å². The molecule has 1 heterocycles. The van der Waals surface area contributed by atoms with Gasteiger partial charge in [-0.15, -0.1) is 0 Å². The summed E-state index contributed by atoms with van der Waals surface area (Å²) in [6, 6.07) is 16.7. The fraction of sp³-hybridized carbons (Fsp3) is 0.370. The highest BCUT2D eigenvalue weighted by molar-refractivity contribution is 6.31. The van der Waals surface area contributed by atoms with Crippen molar-refractivity contribution in [3.63, 3.8) is 0 Å². The monoisotopic (exact) mass is 494 g/mol. The van der Waals surface area contributed by atoms with Crippen molar-refractivity contribution in [3.8, 4) is 0 Å². The summed E-state index contributed by atoms with van der Waals surface area (Å²) < 4.78 is 6.20. The fourth-order valence-corrected chi connectivity index (χ4v) is 4.73. The highest BCUT2D eigenvalue weighted by atomic mass is 35.5. The molecule has 1 aliphatic carbocycles. The van der Waals surface area contributed by atoms with Gasteiger partial charge in [0, 0.05) is 43.1 Å². The van der Waals surface area contributed by atoms with Gasteiger partial charge in [0.1, 0.15) is 5.70 Å². The van der Waals surface area contributed by atoms with E-state index >= 15 is 0 Å². The first-order valence-electron chi connectivity index (χ1n) is 12.1. The zero-order valence-electron chi connectivity index (χ0n) is 19.7. The number of piperazine rings is 1. The normalized spacial score (nSPS) is 17.1. The number of hydrogen-bond acceptors (Lipinski definition) is 5. The molecule has 2 aliphatic rings. The van der Waals surface area contributed by atoms with E-state index in [0.717, 1.165) is 31.2 Å². The zero-order chi connectivity index (χ0) is 24.6. The first kappa shape index (κ1) is 24.8. The average molecular weight is 495 g/mol. The Morgan fingerprint density at radius 1 is 1.00 bits per heavy atom. The molecule has 0 aromatic heterocycles. The largest absolute Gasteiger partial charge is 0.483 e. The van der Waals surface area contributed by atoms with E-state index in [1.807, 2.05) is 40.1 Å². The number of carbonyl (C=O) groups is 2. The van der Waals surface area contributed by atoms with Crippen molar-refractivity contribution in [2.24, 2.45) is 0 Å². The van der Waals surface area contributed by atoms with Crippen LogP contribution in [0, 0.1) is 5.41 Å². The van der Waals surface area contributed by atoms with Gasteiger partial charge in [0.25, 0.3) is 5.91 Å². The fourth-order valence-electron chi connectivity index (χ4n) is 4.54. The lowest BCUT2D eigenvalue weighted by molar-refractivity contribution is -0.132. The number of ether oxygens (including phenoxy) is 1.